The summed E-state index contributed by atoms with van der Waals surface area (Å²) in [7, 11) is 0. The van der Waals surface area contributed by atoms with Gasteiger partial charge in [0.2, 0.25) is 0 Å². The molecule has 0 saturated carbocycles. The van der Waals surface area contributed by atoms with Crippen molar-refractivity contribution in [2.75, 3.05) is 0 Å². The lowest BCUT2D eigenvalue weighted by Gasteiger charge is -1.81. The number of aromatic nitrogens is 2. The fourth-order valence-electron chi connectivity index (χ4n) is 1.10. The van der Waals surface area contributed by atoms with Crippen molar-refractivity contribution in [3.63, 3.8) is 0 Å². The molecule has 5 heteroatoms. The maximum absolute atomic E-state index is 9.90. The zero-order chi connectivity index (χ0) is 10.5. The second-order valence-corrected chi connectivity index (χ2v) is 2.79. The van der Waals surface area contributed by atoms with Gasteiger partial charge in [0.25, 0.3) is 5.91 Å². The zero-order valence-corrected chi connectivity index (χ0v) is 7.79. The fraction of sp³-hybridized carbons (Fsp3) is 0. The van der Waals surface area contributed by atoms with Crippen molar-refractivity contribution in [3.8, 4) is 0 Å². The van der Waals surface area contributed by atoms with Gasteiger partial charge in [0.1, 0.15) is 0 Å². The van der Waals surface area contributed by atoms with Gasteiger partial charge >= 0.3 is 0 Å². The van der Waals surface area contributed by atoms with E-state index >= 15 is 0 Å². The van der Waals surface area contributed by atoms with Crippen LogP contribution in [-0.4, -0.2) is 15.9 Å². The topological polar surface area (TPSA) is 70.5 Å². The highest BCUT2D eigenvalue weighted by Crippen LogP contribution is 2.05. The van der Waals surface area contributed by atoms with Gasteiger partial charge in [-0.2, -0.15) is 5.11 Å². The van der Waals surface area contributed by atoms with Crippen molar-refractivity contribution >= 4 is 16.9 Å². The van der Waals surface area contributed by atoms with Gasteiger partial charge in [-0.05, 0) is 12.1 Å². The van der Waals surface area contributed by atoms with E-state index in [9.17, 15) is 4.79 Å². The third kappa shape index (κ3) is 2.34. The third-order valence-corrected chi connectivity index (χ3v) is 1.77. The number of azo groups is 1. The molecule has 0 fully saturated rings. The first-order valence-electron chi connectivity index (χ1n) is 4.36. The van der Waals surface area contributed by atoms with E-state index in [1.54, 1.807) is 6.33 Å². The lowest BCUT2D eigenvalue weighted by Crippen LogP contribution is -1.74. The van der Waals surface area contributed by atoms with Gasteiger partial charge in [0.05, 0.1) is 23.6 Å². The second-order valence-electron chi connectivity index (χ2n) is 2.79. The number of carbonyl (C=O) groups excluding carboxylic acids is 1. The molecule has 1 N–H and O–H groups in total. The summed E-state index contributed by atoms with van der Waals surface area (Å²) in [4.78, 5) is 17.0. The van der Waals surface area contributed by atoms with E-state index in [2.05, 4.69) is 20.2 Å². The normalized spacial score (nSPS) is 12.9. The highest BCUT2D eigenvalue weighted by Gasteiger charge is 1.92. The van der Waals surface area contributed by atoms with Gasteiger partial charge in [-0.1, -0.05) is 12.1 Å². The summed E-state index contributed by atoms with van der Waals surface area (Å²) in [6.45, 7) is 0. The van der Waals surface area contributed by atoms with Crippen molar-refractivity contribution in [2.45, 2.75) is 0 Å². The van der Waals surface area contributed by atoms with Gasteiger partial charge in [-0.25, -0.2) is 4.98 Å². The Hall–Kier alpha value is -2.30. The molecule has 0 unspecified atom stereocenters. The summed E-state index contributed by atoms with van der Waals surface area (Å²) in [5, 5.41) is 6.37. The molecule has 0 aliphatic carbocycles. The van der Waals surface area contributed by atoms with Gasteiger partial charge in [0, 0.05) is 6.08 Å². The first-order valence-corrected chi connectivity index (χ1v) is 4.36. The van der Waals surface area contributed by atoms with E-state index in [0.717, 1.165) is 11.0 Å². The van der Waals surface area contributed by atoms with Crippen molar-refractivity contribution in [1.29, 1.82) is 0 Å². The predicted octanol–water partition coefficient (Wildman–Crippen LogP) is 2.06. The van der Waals surface area contributed by atoms with Crippen molar-refractivity contribution in [1.82, 2.24) is 9.97 Å². The largest absolute Gasteiger partial charge is 0.345 e. The van der Waals surface area contributed by atoms with E-state index in [1.165, 1.54) is 12.3 Å². The van der Waals surface area contributed by atoms with Crippen LogP contribution in [0.4, 0.5) is 0 Å². The Bertz CT molecular complexity index is 483. The number of imidazole rings is 1. The minimum Gasteiger partial charge on any atom is -0.345 e. The SMILES string of the molecule is O=C1C=CN=N1.c1ccc2[nH]cnc2c1. The van der Waals surface area contributed by atoms with Crippen LogP contribution in [0.2, 0.25) is 0 Å². The van der Waals surface area contributed by atoms with Crippen LogP contribution in [0.3, 0.4) is 0 Å². The molecule has 3 rings (SSSR count). The molecule has 0 saturated heterocycles. The van der Waals surface area contributed by atoms with Gasteiger partial charge in [-0.15, -0.1) is 5.11 Å². The van der Waals surface area contributed by atoms with Crippen LogP contribution in [0.1, 0.15) is 0 Å². The van der Waals surface area contributed by atoms with Crippen molar-refractivity contribution in [3.05, 3.63) is 42.9 Å². The average Bonchev–Trinajstić information content (AvgIpc) is 2.88. The van der Waals surface area contributed by atoms with Crippen LogP contribution >= 0.6 is 0 Å². The molecule has 5 nitrogen and oxygen atoms in total. The standard InChI is InChI=1S/C7H6N2.C3H2N2O/c1-2-4-7-6(3-1)8-5-9-7;6-3-1-2-4-5-3/h1-5H,(H,8,9);1-2H. The molecule has 1 aromatic heterocycles. The Morgan fingerprint density at radius 2 is 2.07 bits per heavy atom. The summed E-state index contributed by atoms with van der Waals surface area (Å²) in [6, 6.07) is 7.94. The number of benzene rings is 1. The number of para-hydroxylation sites is 2. The Balaban J connectivity index is 0.000000124. The Morgan fingerprint density at radius 1 is 1.20 bits per heavy atom. The molecule has 2 heterocycles. The van der Waals surface area contributed by atoms with E-state index < -0.39 is 0 Å². The van der Waals surface area contributed by atoms with Gasteiger partial charge in [-0.3, -0.25) is 4.79 Å². The molecular formula is C10H8N4O. The highest BCUT2D eigenvalue weighted by molar-refractivity contribution is 5.89. The molecule has 0 atom stereocenters. The molecule has 1 aliphatic rings. The molecule has 1 amide bonds. The van der Waals surface area contributed by atoms with Crippen LogP contribution in [0.25, 0.3) is 11.0 Å². The second kappa shape index (κ2) is 4.28. The van der Waals surface area contributed by atoms with Crippen LogP contribution in [-0.2, 0) is 4.79 Å². The van der Waals surface area contributed by atoms with E-state index in [1.807, 2.05) is 24.3 Å². The first-order chi connectivity index (χ1) is 7.36. The molecule has 0 radical (unpaired) electrons. The molecule has 2 aromatic rings. The van der Waals surface area contributed by atoms with E-state index in [-0.39, 0.29) is 5.91 Å². The highest BCUT2D eigenvalue weighted by atomic mass is 16.1. The number of amides is 1. The summed E-state index contributed by atoms with van der Waals surface area (Å²) in [6.07, 6.45) is 4.37. The van der Waals surface area contributed by atoms with Crippen LogP contribution < -0.4 is 0 Å². The minimum atomic E-state index is -0.269. The number of nitrogens with one attached hydrogen (secondary N) is 1. The number of hydrogen-bond donors (Lipinski definition) is 1. The maximum atomic E-state index is 9.90. The molecule has 0 bridgehead atoms. The molecule has 15 heavy (non-hydrogen) atoms. The number of nitrogens with zero attached hydrogens (tertiary/aromatic N) is 3. The Labute approximate surface area is 85.6 Å². The van der Waals surface area contributed by atoms with Crippen LogP contribution in [0.15, 0.2) is 53.1 Å². The zero-order valence-electron chi connectivity index (χ0n) is 7.79. The van der Waals surface area contributed by atoms with Crippen LogP contribution in [0.5, 0.6) is 0 Å². The third-order valence-electron chi connectivity index (χ3n) is 1.77. The average molecular weight is 200 g/mol. The predicted molar refractivity (Wildman–Crippen MR) is 55.1 cm³/mol. The molecule has 74 valence electrons. The summed E-state index contributed by atoms with van der Waals surface area (Å²) in [5.41, 5.74) is 2.12. The lowest BCUT2D eigenvalue weighted by atomic mass is 10.3. The number of H-pyrrole nitrogens is 1. The summed E-state index contributed by atoms with van der Waals surface area (Å²) in [5.74, 6) is -0.269. The molecule has 1 aromatic carbocycles. The maximum Gasteiger partial charge on any atom is 0.289 e. The van der Waals surface area contributed by atoms with Gasteiger partial charge < -0.3 is 4.98 Å². The Morgan fingerprint density at radius 3 is 2.67 bits per heavy atom. The van der Waals surface area contributed by atoms with E-state index in [0.29, 0.717) is 0 Å². The monoisotopic (exact) mass is 200 g/mol. The number of aromatic amines is 1. The summed E-state index contributed by atoms with van der Waals surface area (Å²) < 4.78 is 0. The fourth-order valence-corrected chi connectivity index (χ4v) is 1.10. The lowest BCUT2D eigenvalue weighted by molar-refractivity contribution is -0.113. The number of hydrogen-bond acceptors (Lipinski definition) is 3. The van der Waals surface area contributed by atoms with Crippen molar-refractivity contribution in [2.24, 2.45) is 10.2 Å². The Kier molecular flexibility index (Phi) is 2.64. The number of rotatable bonds is 0. The molecule has 0 spiro atoms. The smallest absolute Gasteiger partial charge is 0.289 e. The quantitative estimate of drug-likeness (QED) is 0.707. The number of fused-ring (bicyclic) bond motifs is 1. The molecule has 1 aliphatic heterocycles. The molecular weight excluding hydrogens is 192 g/mol. The summed E-state index contributed by atoms with van der Waals surface area (Å²) >= 11 is 0. The minimum absolute atomic E-state index is 0.269. The van der Waals surface area contributed by atoms with Gasteiger partial charge in [0.15, 0.2) is 0 Å². The van der Waals surface area contributed by atoms with E-state index in [4.69, 9.17) is 0 Å². The van der Waals surface area contributed by atoms with Crippen molar-refractivity contribution < 1.29 is 4.79 Å². The first kappa shape index (κ1) is 9.26. The number of carbonyl (C=O) groups is 1. The van der Waals surface area contributed by atoms with Crippen LogP contribution in [0, 0.1) is 0 Å².